The maximum absolute atomic E-state index is 12.4. The number of hydrogen-bond acceptors (Lipinski definition) is 4. The second-order valence-corrected chi connectivity index (χ2v) is 5.06. The van der Waals surface area contributed by atoms with Crippen molar-refractivity contribution in [2.24, 2.45) is 0 Å². The third-order valence-corrected chi connectivity index (χ3v) is 3.33. The first-order valence-electron chi connectivity index (χ1n) is 5.90. The Morgan fingerprint density at radius 2 is 2.15 bits per heavy atom. The topological polar surface area (TPSA) is 63.2 Å². The number of benzene rings is 1. The van der Waals surface area contributed by atoms with Crippen LogP contribution in [-0.4, -0.2) is 12.9 Å². The maximum Gasteiger partial charge on any atom is 0.219 e. The lowest BCUT2D eigenvalue weighted by atomic mass is 9.92. The van der Waals surface area contributed by atoms with Crippen LogP contribution in [0.2, 0.25) is 0 Å². The number of aryl methyl sites for hydroxylation is 1. The van der Waals surface area contributed by atoms with E-state index in [4.69, 9.17) is 9.15 Å². The fraction of sp³-hybridized carbons (Fsp3) is 0.200. The van der Waals surface area contributed by atoms with E-state index in [1.54, 1.807) is 24.3 Å². The fourth-order valence-corrected chi connectivity index (χ4v) is 2.24. The molecule has 5 heteroatoms. The number of carbonyl (C=O) groups excluding carboxylic acids is 1. The normalized spacial score (nSPS) is 11.7. The van der Waals surface area contributed by atoms with E-state index in [1.165, 1.54) is 7.11 Å². The Morgan fingerprint density at radius 1 is 1.40 bits per heavy atom. The highest BCUT2D eigenvalue weighted by Gasteiger charge is 2.27. The molecule has 0 bridgehead atoms. The largest absolute Gasteiger partial charge is 0.496 e. The summed E-state index contributed by atoms with van der Waals surface area (Å²) in [4.78, 5) is 12.4. The molecule has 1 aromatic carbocycles. The van der Waals surface area contributed by atoms with E-state index in [0.717, 1.165) is 5.56 Å². The Balaban J connectivity index is 2.45. The molecule has 0 fully saturated rings. The van der Waals surface area contributed by atoms with E-state index in [-0.39, 0.29) is 11.5 Å². The molecule has 1 atom stereocenters. The van der Waals surface area contributed by atoms with Gasteiger partial charge in [0.05, 0.1) is 13.2 Å². The predicted molar refractivity (Wildman–Crippen MR) is 76.8 cm³/mol. The number of rotatable bonds is 4. The number of halogens is 1. The molecule has 1 heterocycles. The van der Waals surface area contributed by atoms with Crippen LogP contribution in [0.15, 0.2) is 39.4 Å². The third-order valence-electron chi connectivity index (χ3n) is 2.90. The van der Waals surface area contributed by atoms with Crippen LogP contribution in [0.5, 0.6) is 5.75 Å². The molecule has 0 spiro atoms. The van der Waals surface area contributed by atoms with E-state index in [1.807, 2.05) is 19.1 Å². The molecule has 1 unspecified atom stereocenters. The minimum Gasteiger partial charge on any atom is -0.496 e. The van der Waals surface area contributed by atoms with Crippen molar-refractivity contribution in [2.45, 2.75) is 12.8 Å². The van der Waals surface area contributed by atoms with Gasteiger partial charge in [0.1, 0.15) is 11.7 Å². The molecule has 0 N–H and O–H groups in total. The van der Waals surface area contributed by atoms with Crippen LogP contribution in [0.4, 0.5) is 0 Å². The van der Waals surface area contributed by atoms with Crippen molar-refractivity contribution in [2.75, 3.05) is 7.11 Å². The van der Waals surface area contributed by atoms with Gasteiger partial charge in [0.25, 0.3) is 0 Å². The van der Waals surface area contributed by atoms with E-state index in [0.29, 0.717) is 16.0 Å². The van der Waals surface area contributed by atoms with Gasteiger partial charge in [-0.2, -0.15) is 5.26 Å². The van der Waals surface area contributed by atoms with Gasteiger partial charge in [-0.3, -0.25) is 4.79 Å². The summed E-state index contributed by atoms with van der Waals surface area (Å²) in [5.41, 5.74) is 1.50. The lowest BCUT2D eigenvalue weighted by Crippen LogP contribution is -2.12. The lowest BCUT2D eigenvalue weighted by Gasteiger charge is -2.12. The zero-order valence-corrected chi connectivity index (χ0v) is 12.6. The maximum atomic E-state index is 12.4. The van der Waals surface area contributed by atoms with Crippen molar-refractivity contribution in [3.63, 3.8) is 0 Å². The Morgan fingerprint density at radius 3 is 2.70 bits per heavy atom. The third kappa shape index (κ3) is 2.75. The van der Waals surface area contributed by atoms with Gasteiger partial charge in [-0.05, 0) is 41.1 Å². The second kappa shape index (κ2) is 5.93. The number of furan rings is 1. The second-order valence-electron chi connectivity index (χ2n) is 4.28. The summed E-state index contributed by atoms with van der Waals surface area (Å²) in [6.07, 6.45) is 0. The van der Waals surface area contributed by atoms with Gasteiger partial charge in [0, 0.05) is 5.56 Å². The van der Waals surface area contributed by atoms with Gasteiger partial charge in [-0.1, -0.05) is 17.7 Å². The summed E-state index contributed by atoms with van der Waals surface area (Å²) >= 11 is 3.14. The first-order chi connectivity index (χ1) is 9.56. The van der Waals surface area contributed by atoms with Gasteiger partial charge in [-0.15, -0.1) is 0 Å². The lowest BCUT2D eigenvalue weighted by molar-refractivity contribution is 0.0949. The van der Waals surface area contributed by atoms with E-state index >= 15 is 0 Å². The first-order valence-corrected chi connectivity index (χ1v) is 6.70. The summed E-state index contributed by atoms with van der Waals surface area (Å²) in [5.74, 6) is -0.682. The van der Waals surface area contributed by atoms with Gasteiger partial charge < -0.3 is 9.15 Å². The average Bonchev–Trinajstić information content (AvgIpc) is 2.86. The molecule has 20 heavy (non-hydrogen) atoms. The number of Topliss-reactive ketones (excluding diaryl/α,β-unsaturated/α-hetero) is 1. The molecule has 0 amide bonds. The van der Waals surface area contributed by atoms with Crippen LogP contribution in [0.25, 0.3) is 0 Å². The van der Waals surface area contributed by atoms with E-state index in [2.05, 4.69) is 15.9 Å². The van der Waals surface area contributed by atoms with Crippen molar-refractivity contribution >= 4 is 21.7 Å². The Hall–Kier alpha value is -2.06. The van der Waals surface area contributed by atoms with Crippen molar-refractivity contribution in [1.29, 1.82) is 5.26 Å². The zero-order chi connectivity index (χ0) is 14.7. The summed E-state index contributed by atoms with van der Waals surface area (Å²) in [6, 6.07) is 10.6. The monoisotopic (exact) mass is 333 g/mol. The number of hydrogen-bond donors (Lipinski definition) is 0. The molecular weight excluding hydrogens is 322 g/mol. The molecule has 102 valence electrons. The van der Waals surface area contributed by atoms with Gasteiger partial charge >= 0.3 is 0 Å². The molecule has 1 aromatic heterocycles. The number of nitriles is 1. The van der Waals surface area contributed by atoms with Crippen molar-refractivity contribution in [3.8, 4) is 11.8 Å². The smallest absolute Gasteiger partial charge is 0.219 e. The van der Waals surface area contributed by atoms with Crippen LogP contribution < -0.4 is 4.74 Å². The Labute approximate surface area is 125 Å². The molecule has 0 saturated carbocycles. The first kappa shape index (κ1) is 14.4. The molecule has 2 rings (SSSR count). The van der Waals surface area contributed by atoms with Crippen LogP contribution in [0.1, 0.15) is 27.6 Å². The average molecular weight is 334 g/mol. The number of ether oxygens (including phenoxy) is 1. The number of carbonyl (C=O) groups is 1. The van der Waals surface area contributed by atoms with Gasteiger partial charge in [0.2, 0.25) is 5.78 Å². The van der Waals surface area contributed by atoms with Crippen LogP contribution in [0, 0.1) is 18.3 Å². The number of ketones is 1. The highest BCUT2D eigenvalue weighted by atomic mass is 79.9. The SMILES string of the molecule is COc1ccc(C)cc1C(C#N)C(=O)c1ccc(Br)o1. The standard InChI is InChI=1S/C15H12BrNO3/c1-9-3-4-12(19-2)10(7-9)11(8-17)15(18)13-5-6-14(16)20-13/h3-7,11H,1-2H3. The molecule has 0 aliphatic carbocycles. The van der Waals surface area contributed by atoms with Gasteiger partial charge in [-0.25, -0.2) is 0 Å². The zero-order valence-electron chi connectivity index (χ0n) is 11.0. The highest BCUT2D eigenvalue weighted by molar-refractivity contribution is 9.10. The minimum absolute atomic E-state index is 0.145. The number of nitrogens with zero attached hydrogens (tertiary/aromatic N) is 1. The molecule has 0 radical (unpaired) electrons. The summed E-state index contributed by atoms with van der Waals surface area (Å²) in [5, 5.41) is 9.35. The molecule has 4 nitrogen and oxygen atoms in total. The molecule has 2 aromatic rings. The summed E-state index contributed by atoms with van der Waals surface area (Å²) in [7, 11) is 1.51. The summed E-state index contributed by atoms with van der Waals surface area (Å²) in [6.45, 7) is 1.89. The fourth-order valence-electron chi connectivity index (χ4n) is 1.94. The molecule has 0 aliphatic rings. The quantitative estimate of drug-likeness (QED) is 0.797. The molecule has 0 aliphatic heterocycles. The highest BCUT2D eigenvalue weighted by Crippen LogP contribution is 2.30. The van der Waals surface area contributed by atoms with Crippen molar-refractivity contribution in [3.05, 3.63) is 51.9 Å². The van der Waals surface area contributed by atoms with E-state index in [9.17, 15) is 10.1 Å². The summed E-state index contributed by atoms with van der Waals surface area (Å²) < 4.78 is 10.9. The Bertz CT molecular complexity index is 685. The minimum atomic E-state index is -0.956. The van der Waals surface area contributed by atoms with Crippen LogP contribution in [-0.2, 0) is 0 Å². The molecule has 0 saturated heterocycles. The Kier molecular flexibility index (Phi) is 4.26. The predicted octanol–water partition coefficient (Wildman–Crippen LogP) is 3.85. The van der Waals surface area contributed by atoms with Crippen molar-refractivity contribution in [1.82, 2.24) is 0 Å². The van der Waals surface area contributed by atoms with Crippen molar-refractivity contribution < 1.29 is 13.9 Å². The number of methoxy groups -OCH3 is 1. The van der Waals surface area contributed by atoms with Gasteiger partial charge in [0.15, 0.2) is 10.4 Å². The molecular formula is C15H12BrNO3. The van der Waals surface area contributed by atoms with E-state index < -0.39 is 5.92 Å². The van der Waals surface area contributed by atoms with Crippen LogP contribution >= 0.6 is 15.9 Å². The van der Waals surface area contributed by atoms with Crippen LogP contribution in [0.3, 0.4) is 0 Å².